The topological polar surface area (TPSA) is 115 Å². The van der Waals surface area contributed by atoms with Gasteiger partial charge >= 0.3 is 0 Å². The van der Waals surface area contributed by atoms with E-state index in [1.54, 1.807) is 0 Å². The van der Waals surface area contributed by atoms with Crippen molar-refractivity contribution >= 4 is 21.6 Å². The zero-order valence-corrected chi connectivity index (χ0v) is 11.6. The van der Waals surface area contributed by atoms with Crippen molar-refractivity contribution in [2.75, 3.05) is 5.73 Å². The van der Waals surface area contributed by atoms with E-state index in [4.69, 9.17) is 11.5 Å². The number of halogens is 1. The van der Waals surface area contributed by atoms with Crippen LogP contribution in [0.1, 0.15) is 18.1 Å². The smallest absolute Gasteiger partial charge is 0.241 e. The Morgan fingerprint density at radius 3 is 2.42 bits per heavy atom. The van der Waals surface area contributed by atoms with Gasteiger partial charge in [0.2, 0.25) is 15.9 Å². The minimum Gasteiger partial charge on any atom is -0.396 e. The molecule has 0 heterocycles. The molecule has 0 aliphatic heterocycles. The fourth-order valence-corrected chi connectivity index (χ4v) is 3.39. The normalized spacial score (nSPS) is 13.3. The lowest BCUT2D eigenvalue weighted by molar-refractivity contribution is -0.119. The maximum absolute atomic E-state index is 13.4. The SMILES string of the molecule is Cc1cc(F)c(N)c(C)c1S(=O)(=O)NC(C)C(N)=O. The summed E-state index contributed by atoms with van der Waals surface area (Å²) in [5.74, 6) is -1.49. The van der Waals surface area contributed by atoms with Gasteiger partial charge in [-0.1, -0.05) is 0 Å². The maximum atomic E-state index is 13.4. The van der Waals surface area contributed by atoms with Crippen molar-refractivity contribution in [3.63, 3.8) is 0 Å². The van der Waals surface area contributed by atoms with E-state index in [0.717, 1.165) is 6.07 Å². The van der Waals surface area contributed by atoms with Crippen molar-refractivity contribution < 1.29 is 17.6 Å². The second-order valence-electron chi connectivity index (χ2n) is 4.29. The third kappa shape index (κ3) is 3.02. The van der Waals surface area contributed by atoms with Crippen LogP contribution in [0, 0.1) is 19.7 Å². The van der Waals surface area contributed by atoms with Gasteiger partial charge < -0.3 is 11.5 Å². The first-order valence-corrected chi connectivity index (χ1v) is 6.93. The van der Waals surface area contributed by atoms with Crippen molar-refractivity contribution in [2.45, 2.75) is 31.7 Å². The lowest BCUT2D eigenvalue weighted by Gasteiger charge is -2.16. The van der Waals surface area contributed by atoms with Crippen LogP contribution in [0.25, 0.3) is 0 Å². The van der Waals surface area contributed by atoms with Crippen LogP contribution in [-0.2, 0) is 14.8 Å². The molecule has 0 aliphatic carbocycles. The second kappa shape index (κ2) is 5.14. The van der Waals surface area contributed by atoms with E-state index in [1.807, 2.05) is 0 Å². The van der Waals surface area contributed by atoms with Gasteiger partial charge in [0.15, 0.2) is 0 Å². The van der Waals surface area contributed by atoms with Crippen LogP contribution in [-0.4, -0.2) is 20.4 Å². The minimum absolute atomic E-state index is 0.0988. The first kappa shape index (κ1) is 15.4. The average molecular weight is 289 g/mol. The molecule has 1 aromatic carbocycles. The summed E-state index contributed by atoms with van der Waals surface area (Å²) in [6.45, 7) is 4.16. The van der Waals surface area contributed by atoms with Crippen LogP contribution < -0.4 is 16.2 Å². The Labute approximate surface area is 111 Å². The zero-order chi connectivity index (χ0) is 15.0. The number of sulfonamides is 1. The van der Waals surface area contributed by atoms with Gasteiger partial charge in [-0.05, 0) is 38.0 Å². The van der Waals surface area contributed by atoms with Crippen LogP contribution in [0.2, 0.25) is 0 Å². The Kier molecular flexibility index (Phi) is 4.16. The van der Waals surface area contributed by atoms with Gasteiger partial charge in [-0.15, -0.1) is 0 Å². The molecule has 0 aliphatic rings. The predicted molar refractivity (Wildman–Crippen MR) is 69.3 cm³/mol. The number of rotatable bonds is 4. The molecule has 1 unspecified atom stereocenters. The number of carbonyl (C=O) groups is 1. The molecule has 0 spiro atoms. The Hall–Kier alpha value is -1.67. The highest BCUT2D eigenvalue weighted by Gasteiger charge is 2.26. The number of primary amides is 1. The van der Waals surface area contributed by atoms with Gasteiger partial charge in [0.05, 0.1) is 16.6 Å². The largest absolute Gasteiger partial charge is 0.396 e. The molecule has 0 bridgehead atoms. The molecule has 1 rings (SSSR count). The summed E-state index contributed by atoms with van der Waals surface area (Å²) in [6.07, 6.45) is 0. The fourth-order valence-electron chi connectivity index (χ4n) is 1.69. The van der Waals surface area contributed by atoms with E-state index in [2.05, 4.69) is 4.72 Å². The Morgan fingerprint density at radius 1 is 1.42 bits per heavy atom. The summed E-state index contributed by atoms with van der Waals surface area (Å²) in [5.41, 5.74) is 10.5. The molecule has 0 fully saturated rings. The van der Waals surface area contributed by atoms with Gasteiger partial charge in [0.1, 0.15) is 5.82 Å². The molecule has 0 saturated carbocycles. The van der Waals surface area contributed by atoms with Crippen LogP contribution in [0.4, 0.5) is 10.1 Å². The molecular formula is C11H16FN3O3S. The standard InChI is InChI=1S/C11H16FN3O3S/c1-5-4-8(12)9(13)6(2)10(5)19(17,18)15-7(3)11(14)16/h4,7,15H,13H2,1-3H3,(H2,14,16). The lowest BCUT2D eigenvalue weighted by atomic mass is 10.1. The Balaban J connectivity index is 3.38. The average Bonchev–Trinajstić information content (AvgIpc) is 2.24. The molecule has 1 atom stereocenters. The van der Waals surface area contributed by atoms with E-state index in [9.17, 15) is 17.6 Å². The number of anilines is 1. The fraction of sp³-hybridized carbons (Fsp3) is 0.364. The highest BCUT2D eigenvalue weighted by molar-refractivity contribution is 7.89. The molecule has 8 heteroatoms. The summed E-state index contributed by atoms with van der Waals surface area (Å²) in [4.78, 5) is 10.8. The van der Waals surface area contributed by atoms with E-state index in [-0.39, 0.29) is 21.7 Å². The highest BCUT2D eigenvalue weighted by atomic mass is 32.2. The molecule has 106 valence electrons. The van der Waals surface area contributed by atoms with Gasteiger partial charge in [-0.25, -0.2) is 12.8 Å². The molecule has 0 radical (unpaired) electrons. The molecule has 0 saturated heterocycles. The number of carbonyl (C=O) groups excluding carboxylic acids is 1. The van der Waals surface area contributed by atoms with E-state index in [1.165, 1.54) is 20.8 Å². The maximum Gasteiger partial charge on any atom is 0.241 e. The van der Waals surface area contributed by atoms with Crippen molar-refractivity contribution in [1.29, 1.82) is 0 Å². The predicted octanol–water partition coefficient (Wildman–Crippen LogP) is 0.177. The number of nitrogen functional groups attached to an aromatic ring is 1. The van der Waals surface area contributed by atoms with Gasteiger partial charge in [0.25, 0.3) is 0 Å². The van der Waals surface area contributed by atoms with Crippen molar-refractivity contribution in [3.05, 3.63) is 23.0 Å². The second-order valence-corrected chi connectivity index (χ2v) is 5.94. The van der Waals surface area contributed by atoms with Gasteiger partial charge in [-0.2, -0.15) is 4.72 Å². The number of hydrogen-bond acceptors (Lipinski definition) is 4. The first-order valence-electron chi connectivity index (χ1n) is 5.44. The Morgan fingerprint density at radius 2 is 1.95 bits per heavy atom. The summed E-state index contributed by atoms with van der Waals surface area (Å²) in [7, 11) is -4.00. The zero-order valence-electron chi connectivity index (χ0n) is 10.8. The lowest BCUT2D eigenvalue weighted by Crippen LogP contribution is -2.42. The molecule has 1 amide bonds. The van der Waals surface area contributed by atoms with E-state index >= 15 is 0 Å². The monoisotopic (exact) mass is 289 g/mol. The molecule has 1 aromatic rings. The van der Waals surface area contributed by atoms with E-state index < -0.39 is 27.8 Å². The van der Waals surface area contributed by atoms with Crippen molar-refractivity contribution in [3.8, 4) is 0 Å². The summed E-state index contributed by atoms with van der Waals surface area (Å²) in [6, 6.07) is -0.0404. The number of aryl methyl sites for hydroxylation is 1. The van der Waals surface area contributed by atoms with Crippen LogP contribution in [0.5, 0.6) is 0 Å². The van der Waals surface area contributed by atoms with Gasteiger partial charge in [-0.3, -0.25) is 4.79 Å². The number of amides is 1. The summed E-state index contributed by atoms with van der Waals surface area (Å²) < 4.78 is 39.8. The van der Waals surface area contributed by atoms with Crippen LogP contribution >= 0.6 is 0 Å². The number of hydrogen-bond donors (Lipinski definition) is 3. The van der Waals surface area contributed by atoms with E-state index in [0.29, 0.717) is 0 Å². The third-order valence-corrected chi connectivity index (χ3v) is 4.56. The van der Waals surface area contributed by atoms with Gasteiger partial charge in [0, 0.05) is 0 Å². The quantitative estimate of drug-likeness (QED) is 0.685. The highest BCUT2D eigenvalue weighted by Crippen LogP contribution is 2.27. The molecule has 0 aromatic heterocycles. The minimum atomic E-state index is -4.00. The number of nitrogens with one attached hydrogen (secondary N) is 1. The molecular weight excluding hydrogens is 273 g/mol. The third-order valence-electron chi connectivity index (χ3n) is 2.73. The van der Waals surface area contributed by atoms with Crippen LogP contribution in [0.15, 0.2) is 11.0 Å². The Bertz CT molecular complexity index is 629. The van der Waals surface area contributed by atoms with Crippen LogP contribution in [0.3, 0.4) is 0 Å². The number of nitrogens with two attached hydrogens (primary N) is 2. The first-order chi connectivity index (χ1) is 8.58. The molecule has 19 heavy (non-hydrogen) atoms. The molecule has 5 N–H and O–H groups in total. The van der Waals surface area contributed by atoms with Crippen molar-refractivity contribution in [1.82, 2.24) is 4.72 Å². The van der Waals surface area contributed by atoms with Crippen molar-refractivity contribution in [2.24, 2.45) is 5.73 Å². The summed E-state index contributed by atoms with van der Waals surface area (Å²) in [5, 5.41) is 0. The summed E-state index contributed by atoms with van der Waals surface area (Å²) >= 11 is 0. The molecule has 6 nitrogen and oxygen atoms in total. The number of benzene rings is 1.